The fourth-order valence-electron chi connectivity index (χ4n) is 0.885. The van der Waals surface area contributed by atoms with Gasteiger partial charge in [-0.15, -0.1) is 0 Å². The number of nitrogens with zero attached hydrogens (tertiary/aromatic N) is 2. The maximum atomic E-state index is 4.10. The van der Waals surface area contributed by atoms with Crippen LogP contribution in [-0.4, -0.2) is 28.2 Å². The lowest BCUT2D eigenvalue weighted by molar-refractivity contribution is 0.664. The van der Waals surface area contributed by atoms with Gasteiger partial charge in [-0.3, -0.25) is 0 Å². The summed E-state index contributed by atoms with van der Waals surface area (Å²) in [6, 6.07) is 0. The van der Waals surface area contributed by atoms with E-state index >= 15 is 0 Å². The molecule has 0 fully saturated rings. The van der Waals surface area contributed by atoms with Crippen LogP contribution in [0.5, 0.6) is 0 Å². The predicted octanol–water partition coefficient (Wildman–Crippen LogP) is 2.02. The van der Waals surface area contributed by atoms with E-state index in [1.54, 1.807) is 18.1 Å². The minimum Gasteiger partial charge on any atom is -0.317 e. The molecule has 13 heavy (non-hydrogen) atoms. The highest BCUT2D eigenvalue weighted by Gasteiger charge is 1.96. The first kappa shape index (κ1) is 10.9. The molecule has 5 heteroatoms. The van der Waals surface area contributed by atoms with E-state index in [0.717, 1.165) is 23.2 Å². The van der Waals surface area contributed by atoms with Crippen LogP contribution in [0.3, 0.4) is 0 Å². The predicted molar refractivity (Wildman–Crippen MR) is 58.4 cm³/mol. The van der Waals surface area contributed by atoms with E-state index in [-0.39, 0.29) is 0 Å². The summed E-state index contributed by atoms with van der Waals surface area (Å²) in [5.41, 5.74) is 0. The molecule has 1 aromatic rings. The lowest BCUT2D eigenvalue weighted by Crippen LogP contribution is -2.16. The Bertz CT molecular complexity index is 201. The molecule has 3 nitrogen and oxygen atoms in total. The van der Waals surface area contributed by atoms with Gasteiger partial charge in [0.25, 0.3) is 0 Å². The monoisotopic (exact) mass is 217 g/mol. The van der Waals surface area contributed by atoms with Crippen molar-refractivity contribution in [2.75, 3.05) is 18.8 Å². The van der Waals surface area contributed by atoms with Gasteiger partial charge in [-0.05, 0) is 37.5 Å². The molecule has 0 bridgehead atoms. The Hall–Kier alpha value is -0.130. The number of nitrogens with one attached hydrogen (secondary N) is 1. The second-order valence-electron chi connectivity index (χ2n) is 2.66. The van der Waals surface area contributed by atoms with Crippen molar-refractivity contribution in [1.29, 1.82) is 0 Å². The standard InChI is InChI=1S/C8H15N3S2/c1-2-4-9-5-3-6-12-8-10-7-11-13-8/h7,9H,2-6H2,1H3. The lowest BCUT2D eigenvalue weighted by Gasteiger charge is -2.00. The van der Waals surface area contributed by atoms with Crippen LogP contribution >= 0.6 is 23.3 Å². The smallest absolute Gasteiger partial charge is 0.169 e. The van der Waals surface area contributed by atoms with Crippen molar-refractivity contribution in [2.24, 2.45) is 0 Å². The van der Waals surface area contributed by atoms with Gasteiger partial charge in [0, 0.05) is 5.75 Å². The van der Waals surface area contributed by atoms with E-state index in [9.17, 15) is 0 Å². The Labute approximate surface area is 87.5 Å². The second kappa shape index (κ2) is 7.29. The normalized spacial score (nSPS) is 10.5. The van der Waals surface area contributed by atoms with E-state index in [1.807, 2.05) is 0 Å². The van der Waals surface area contributed by atoms with Crippen LogP contribution in [-0.2, 0) is 0 Å². The van der Waals surface area contributed by atoms with Crippen molar-refractivity contribution in [3.8, 4) is 0 Å². The van der Waals surface area contributed by atoms with Crippen molar-refractivity contribution in [3.05, 3.63) is 6.33 Å². The van der Waals surface area contributed by atoms with E-state index in [2.05, 4.69) is 21.6 Å². The maximum absolute atomic E-state index is 4.10. The number of aromatic nitrogens is 2. The fraction of sp³-hybridized carbons (Fsp3) is 0.750. The van der Waals surface area contributed by atoms with Crippen LogP contribution < -0.4 is 5.32 Å². The average molecular weight is 217 g/mol. The Kier molecular flexibility index (Phi) is 6.14. The Balaban J connectivity index is 1.90. The Morgan fingerprint density at radius 3 is 3.15 bits per heavy atom. The first-order chi connectivity index (χ1) is 6.43. The largest absolute Gasteiger partial charge is 0.317 e. The Morgan fingerprint density at radius 2 is 2.46 bits per heavy atom. The molecule has 0 saturated carbocycles. The third-order valence-corrected chi connectivity index (χ3v) is 3.37. The maximum Gasteiger partial charge on any atom is 0.169 e. The van der Waals surface area contributed by atoms with Crippen molar-refractivity contribution >= 4 is 23.3 Å². The molecule has 1 N–H and O–H groups in total. The molecule has 0 aliphatic rings. The van der Waals surface area contributed by atoms with Gasteiger partial charge < -0.3 is 5.32 Å². The SMILES string of the molecule is CCCNCCCSc1ncns1. The molecular weight excluding hydrogens is 202 g/mol. The van der Waals surface area contributed by atoms with Crippen LogP contribution in [0.15, 0.2) is 10.7 Å². The zero-order valence-electron chi connectivity index (χ0n) is 7.82. The summed E-state index contributed by atoms with van der Waals surface area (Å²) < 4.78 is 5.02. The minimum absolute atomic E-state index is 1.08. The van der Waals surface area contributed by atoms with Gasteiger partial charge in [-0.25, -0.2) is 4.98 Å². The summed E-state index contributed by atoms with van der Waals surface area (Å²) in [6.45, 7) is 4.42. The topological polar surface area (TPSA) is 37.8 Å². The zero-order chi connectivity index (χ0) is 9.36. The molecule has 0 spiro atoms. The summed E-state index contributed by atoms with van der Waals surface area (Å²) in [5.74, 6) is 1.13. The highest BCUT2D eigenvalue weighted by molar-refractivity contribution is 8.00. The molecule has 0 aromatic carbocycles. The van der Waals surface area contributed by atoms with Gasteiger partial charge in [0.05, 0.1) is 0 Å². The highest BCUT2D eigenvalue weighted by Crippen LogP contribution is 2.18. The fourth-order valence-corrected chi connectivity index (χ4v) is 2.34. The molecule has 0 aliphatic heterocycles. The van der Waals surface area contributed by atoms with Gasteiger partial charge in [0.2, 0.25) is 0 Å². The molecule has 0 radical (unpaired) electrons. The van der Waals surface area contributed by atoms with Gasteiger partial charge in [-0.2, -0.15) is 4.37 Å². The molecule has 0 saturated heterocycles. The zero-order valence-corrected chi connectivity index (χ0v) is 9.46. The van der Waals surface area contributed by atoms with Crippen LogP contribution in [0.1, 0.15) is 19.8 Å². The molecule has 0 amide bonds. The second-order valence-corrected chi connectivity index (χ2v) is 4.78. The molecular formula is C8H15N3S2. The van der Waals surface area contributed by atoms with E-state index in [4.69, 9.17) is 0 Å². The van der Waals surface area contributed by atoms with Gasteiger partial charge >= 0.3 is 0 Å². The van der Waals surface area contributed by atoms with E-state index < -0.39 is 0 Å². The van der Waals surface area contributed by atoms with Crippen LogP contribution in [0.4, 0.5) is 0 Å². The minimum atomic E-state index is 1.08. The van der Waals surface area contributed by atoms with Crippen molar-refractivity contribution in [1.82, 2.24) is 14.7 Å². The van der Waals surface area contributed by atoms with E-state index in [0.29, 0.717) is 0 Å². The number of rotatable bonds is 7. The quantitative estimate of drug-likeness (QED) is 0.560. The number of hydrogen-bond donors (Lipinski definition) is 1. The molecule has 1 heterocycles. The summed E-state index contributed by atoms with van der Waals surface area (Å²) >= 11 is 3.26. The van der Waals surface area contributed by atoms with Crippen LogP contribution in [0.2, 0.25) is 0 Å². The first-order valence-corrected chi connectivity index (χ1v) is 6.29. The van der Waals surface area contributed by atoms with Gasteiger partial charge in [0.1, 0.15) is 6.33 Å². The third kappa shape index (κ3) is 5.23. The lowest BCUT2D eigenvalue weighted by atomic mass is 10.4. The molecule has 0 unspecified atom stereocenters. The summed E-state index contributed by atoms with van der Waals surface area (Å²) in [6.07, 6.45) is 4.02. The van der Waals surface area contributed by atoms with Crippen LogP contribution in [0, 0.1) is 0 Å². The van der Waals surface area contributed by atoms with Crippen LogP contribution in [0.25, 0.3) is 0 Å². The highest BCUT2D eigenvalue weighted by atomic mass is 32.2. The van der Waals surface area contributed by atoms with Gasteiger partial charge in [-0.1, -0.05) is 18.7 Å². The molecule has 0 atom stereocenters. The number of hydrogen-bond acceptors (Lipinski definition) is 5. The first-order valence-electron chi connectivity index (χ1n) is 4.53. The average Bonchev–Trinajstić information content (AvgIpc) is 2.63. The summed E-state index contributed by atoms with van der Waals surface area (Å²) in [4.78, 5) is 4.10. The molecule has 0 aliphatic carbocycles. The Morgan fingerprint density at radius 1 is 1.54 bits per heavy atom. The summed E-state index contributed by atoms with van der Waals surface area (Å²) in [5, 5.41) is 3.37. The number of thioether (sulfide) groups is 1. The molecule has 74 valence electrons. The van der Waals surface area contributed by atoms with Gasteiger partial charge in [0.15, 0.2) is 4.34 Å². The third-order valence-electron chi connectivity index (χ3n) is 1.49. The van der Waals surface area contributed by atoms with Crippen molar-refractivity contribution in [3.63, 3.8) is 0 Å². The molecule has 1 aromatic heterocycles. The van der Waals surface area contributed by atoms with E-state index in [1.165, 1.54) is 24.4 Å². The molecule has 1 rings (SSSR count). The van der Waals surface area contributed by atoms with Crippen molar-refractivity contribution < 1.29 is 0 Å². The van der Waals surface area contributed by atoms with Crippen molar-refractivity contribution in [2.45, 2.75) is 24.1 Å². The summed E-state index contributed by atoms with van der Waals surface area (Å²) in [7, 11) is 0.